The number of hydrogen-bond donors (Lipinski definition) is 0. The molecule has 0 aromatic rings. The minimum atomic E-state index is -1.26. The third-order valence-corrected chi connectivity index (χ3v) is 0.454. The van der Waals surface area contributed by atoms with E-state index in [1.807, 2.05) is 0 Å². The normalized spacial score (nSPS) is 7.50. The summed E-state index contributed by atoms with van der Waals surface area (Å²) in [5, 5.41) is 9.45. The predicted octanol–water partition coefficient (Wildman–Crippen LogP) is -0.874. The molecule has 0 atom stereocenters. The van der Waals surface area contributed by atoms with Crippen LogP contribution in [0.4, 0.5) is 0 Å². The molecule has 34 valence electrons. The summed E-state index contributed by atoms with van der Waals surface area (Å²) in [6.45, 7) is 1.31. The van der Waals surface area contributed by atoms with Crippen LogP contribution in [0.5, 0.6) is 0 Å². The van der Waals surface area contributed by atoms with Crippen LogP contribution >= 0.6 is 12.2 Å². The average molecular weight is 103 g/mol. The van der Waals surface area contributed by atoms with Crippen LogP contribution in [-0.2, 0) is 4.79 Å². The largest absolute Gasteiger partial charge is 0.544 e. The first-order valence-corrected chi connectivity index (χ1v) is 1.77. The number of thiocarbonyl (C=S) groups is 1. The number of carbonyl (C=O) groups is 1. The fraction of sp³-hybridized carbons (Fsp3) is 0.333. The molecule has 0 rings (SSSR count). The average Bonchev–Trinajstić information content (AvgIpc) is 1.36. The van der Waals surface area contributed by atoms with Gasteiger partial charge in [0, 0.05) is 4.86 Å². The Bertz CT molecular complexity index is 74.8. The van der Waals surface area contributed by atoms with Gasteiger partial charge in [-0.3, -0.25) is 0 Å². The first-order chi connectivity index (χ1) is 2.64. The predicted molar refractivity (Wildman–Crippen MR) is 23.3 cm³/mol. The molecule has 0 fully saturated rings. The maximum atomic E-state index is 9.45. The zero-order valence-corrected chi connectivity index (χ0v) is 4.04. The van der Waals surface area contributed by atoms with Crippen LogP contribution in [-0.4, -0.2) is 10.8 Å². The fourth-order valence-corrected chi connectivity index (χ4v) is 0. The highest BCUT2D eigenvalue weighted by molar-refractivity contribution is 7.81. The van der Waals surface area contributed by atoms with Gasteiger partial charge in [-0.2, -0.15) is 0 Å². The summed E-state index contributed by atoms with van der Waals surface area (Å²) < 4.78 is 0. The Morgan fingerprint density at radius 2 is 2.00 bits per heavy atom. The van der Waals surface area contributed by atoms with Crippen molar-refractivity contribution in [2.75, 3.05) is 0 Å². The van der Waals surface area contributed by atoms with Crippen LogP contribution in [0.3, 0.4) is 0 Å². The Hall–Kier alpha value is -0.440. The molecule has 0 saturated carbocycles. The highest BCUT2D eigenvalue weighted by atomic mass is 32.1. The summed E-state index contributed by atoms with van der Waals surface area (Å²) >= 11 is 4.16. The number of carboxylic acids is 1. The molecule has 0 heterocycles. The number of aliphatic carboxylic acids is 1. The molecule has 0 bridgehead atoms. The van der Waals surface area contributed by atoms with Crippen molar-refractivity contribution in [1.82, 2.24) is 0 Å². The van der Waals surface area contributed by atoms with E-state index in [0.29, 0.717) is 0 Å². The Kier molecular flexibility index (Phi) is 1.73. The van der Waals surface area contributed by atoms with E-state index in [0.717, 1.165) is 0 Å². The van der Waals surface area contributed by atoms with Crippen LogP contribution in [0.15, 0.2) is 0 Å². The molecule has 0 amide bonds. The van der Waals surface area contributed by atoms with E-state index < -0.39 is 5.97 Å². The first-order valence-electron chi connectivity index (χ1n) is 1.36. The lowest BCUT2D eigenvalue weighted by Crippen LogP contribution is -2.27. The van der Waals surface area contributed by atoms with E-state index in [2.05, 4.69) is 12.2 Å². The SMILES string of the molecule is CC(=S)C(=O)[O-]. The van der Waals surface area contributed by atoms with Crippen LogP contribution in [0.25, 0.3) is 0 Å². The van der Waals surface area contributed by atoms with Gasteiger partial charge >= 0.3 is 0 Å². The van der Waals surface area contributed by atoms with E-state index in [-0.39, 0.29) is 4.86 Å². The molecule has 0 aliphatic rings. The lowest BCUT2D eigenvalue weighted by atomic mass is 10.5. The first kappa shape index (κ1) is 5.56. The van der Waals surface area contributed by atoms with Gasteiger partial charge in [-0.05, 0) is 6.92 Å². The standard InChI is InChI=1S/C3H4O2S/c1-2(6)3(4)5/h1H3,(H,4,5)/p-1. The monoisotopic (exact) mass is 103 g/mol. The number of carboxylic acid groups (broad SMARTS) is 1. The second kappa shape index (κ2) is 1.87. The van der Waals surface area contributed by atoms with Gasteiger partial charge in [0.05, 0.1) is 5.97 Å². The number of hydrogen-bond acceptors (Lipinski definition) is 3. The summed E-state index contributed by atoms with van der Waals surface area (Å²) in [6, 6.07) is 0. The van der Waals surface area contributed by atoms with E-state index in [9.17, 15) is 9.90 Å². The van der Waals surface area contributed by atoms with Crippen molar-refractivity contribution in [2.45, 2.75) is 6.92 Å². The van der Waals surface area contributed by atoms with Crippen LogP contribution in [0.1, 0.15) is 6.92 Å². The van der Waals surface area contributed by atoms with Gasteiger partial charge in [0.25, 0.3) is 0 Å². The molecule has 0 unspecified atom stereocenters. The van der Waals surface area contributed by atoms with Gasteiger partial charge in [-0.1, -0.05) is 12.2 Å². The van der Waals surface area contributed by atoms with Crippen molar-refractivity contribution < 1.29 is 9.90 Å². The van der Waals surface area contributed by atoms with Gasteiger partial charge in [0.1, 0.15) is 0 Å². The molecule has 0 aliphatic heterocycles. The Morgan fingerprint density at radius 1 is 1.83 bits per heavy atom. The van der Waals surface area contributed by atoms with Crippen molar-refractivity contribution in [1.29, 1.82) is 0 Å². The Labute approximate surface area is 40.8 Å². The van der Waals surface area contributed by atoms with Crippen molar-refractivity contribution >= 4 is 23.1 Å². The summed E-state index contributed by atoms with van der Waals surface area (Å²) in [5.74, 6) is -1.26. The van der Waals surface area contributed by atoms with E-state index in [1.54, 1.807) is 0 Å². The van der Waals surface area contributed by atoms with Crippen molar-refractivity contribution in [3.8, 4) is 0 Å². The lowest BCUT2D eigenvalue weighted by molar-refractivity contribution is -0.293. The second-order valence-electron chi connectivity index (χ2n) is 0.844. The highest BCUT2D eigenvalue weighted by Crippen LogP contribution is 1.65. The summed E-state index contributed by atoms with van der Waals surface area (Å²) in [5.41, 5.74) is 0. The van der Waals surface area contributed by atoms with Crippen molar-refractivity contribution in [2.24, 2.45) is 0 Å². The molecular formula is C3H3O2S-. The van der Waals surface area contributed by atoms with E-state index in [4.69, 9.17) is 0 Å². The molecule has 0 spiro atoms. The van der Waals surface area contributed by atoms with Gasteiger partial charge in [-0.25, -0.2) is 0 Å². The number of carbonyl (C=O) groups excluding carboxylic acids is 1. The molecule has 0 radical (unpaired) electrons. The molecular weight excluding hydrogens is 100 g/mol. The molecule has 2 nitrogen and oxygen atoms in total. The van der Waals surface area contributed by atoms with Crippen LogP contribution < -0.4 is 5.11 Å². The van der Waals surface area contributed by atoms with E-state index >= 15 is 0 Å². The molecule has 0 aromatic heterocycles. The quantitative estimate of drug-likeness (QED) is 0.405. The van der Waals surface area contributed by atoms with Gasteiger partial charge in [0.2, 0.25) is 0 Å². The Balaban J connectivity index is 3.57. The molecule has 0 saturated heterocycles. The van der Waals surface area contributed by atoms with Gasteiger partial charge in [0.15, 0.2) is 0 Å². The topological polar surface area (TPSA) is 40.1 Å². The lowest BCUT2D eigenvalue weighted by Gasteiger charge is -1.90. The van der Waals surface area contributed by atoms with E-state index in [1.165, 1.54) is 6.92 Å². The minimum absolute atomic E-state index is 0.102. The Morgan fingerprint density at radius 3 is 2.00 bits per heavy atom. The highest BCUT2D eigenvalue weighted by Gasteiger charge is 1.79. The summed E-state index contributed by atoms with van der Waals surface area (Å²) in [7, 11) is 0. The fourth-order valence-electron chi connectivity index (χ4n) is 0. The van der Waals surface area contributed by atoms with Crippen LogP contribution in [0, 0.1) is 0 Å². The third kappa shape index (κ3) is 1.84. The van der Waals surface area contributed by atoms with Crippen molar-refractivity contribution in [3.63, 3.8) is 0 Å². The molecule has 0 aromatic carbocycles. The minimum Gasteiger partial charge on any atom is -0.544 e. The second-order valence-corrected chi connectivity index (χ2v) is 1.46. The molecule has 3 heteroatoms. The third-order valence-electron chi connectivity index (χ3n) is 0.287. The molecule has 0 aliphatic carbocycles. The van der Waals surface area contributed by atoms with Crippen molar-refractivity contribution in [3.05, 3.63) is 0 Å². The summed E-state index contributed by atoms with van der Waals surface area (Å²) in [4.78, 5) is 9.34. The molecule has 6 heavy (non-hydrogen) atoms. The maximum absolute atomic E-state index is 9.45. The maximum Gasteiger partial charge on any atom is 0.0779 e. The molecule has 0 N–H and O–H groups in total. The zero-order valence-electron chi connectivity index (χ0n) is 3.22. The van der Waals surface area contributed by atoms with Crippen LogP contribution in [0.2, 0.25) is 0 Å². The zero-order chi connectivity index (χ0) is 5.15. The number of rotatable bonds is 1. The van der Waals surface area contributed by atoms with Gasteiger partial charge in [-0.15, -0.1) is 0 Å². The smallest absolute Gasteiger partial charge is 0.0779 e. The van der Waals surface area contributed by atoms with Gasteiger partial charge < -0.3 is 9.90 Å². The summed E-state index contributed by atoms with van der Waals surface area (Å²) in [6.07, 6.45) is 0.